The van der Waals surface area contributed by atoms with Crippen molar-refractivity contribution < 1.29 is 9.50 Å². The highest BCUT2D eigenvalue weighted by Crippen LogP contribution is 2.29. The van der Waals surface area contributed by atoms with Crippen LogP contribution in [0.5, 0.6) is 0 Å². The van der Waals surface area contributed by atoms with Gasteiger partial charge in [0.05, 0.1) is 12.6 Å². The first kappa shape index (κ1) is 14.3. The molecule has 100 valence electrons. The Hall–Kier alpha value is -1.10. The van der Waals surface area contributed by atoms with Crippen molar-refractivity contribution in [2.24, 2.45) is 0 Å². The van der Waals surface area contributed by atoms with Crippen molar-refractivity contribution in [3.05, 3.63) is 63.3 Å². The summed E-state index contributed by atoms with van der Waals surface area (Å²) in [5.74, 6) is -0.322. The number of aliphatic hydroxyl groups is 1. The number of nitrogens with one attached hydrogen (secondary N) is 1. The topological polar surface area (TPSA) is 32.3 Å². The van der Waals surface area contributed by atoms with E-state index in [-0.39, 0.29) is 18.5 Å². The summed E-state index contributed by atoms with van der Waals surface area (Å²) in [4.78, 5) is 0. The maximum Gasteiger partial charge on any atom is 0.125 e. The number of benzene rings is 2. The maximum absolute atomic E-state index is 13.1. The summed E-state index contributed by atoms with van der Waals surface area (Å²) >= 11 is 9.29. The van der Waals surface area contributed by atoms with Crippen LogP contribution in [0, 0.1) is 5.82 Å². The van der Waals surface area contributed by atoms with Gasteiger partial charge in [-0.05, 0) is 35.9 Å². The van der Waals surface area contributed by atoms with Crippen LogP contribution in [-0.2, 0) is 0 Å². The number of anilines is 1. The van der Waals surface area contributed by atoms with Gasteiger partial charge in [0.25, 0.3) is 0 Å². The van der Waals surface area contributed by atoms with Gasteiger partial charge in [-0.15, -0.1) is 0 Å². The second-order valence-electron chi connectivity index (χ2n) is 4.06. The van der Waals surface area contributed by atoms with Crippen LogP contribution in [-0.4, -0.2) is 11.7 Å². The molecule has 2 aromatic carbocycles. The van der Waals surface area contributed by atoms with Crippen LogP contribution in [0.15, 0.2) is 46.9 Å². The van der Waals surface area contributed by atoms with Gasteiger partial charge in [-0.25, -0.2) is 4.39 Å². The standard InChI is InChI=1S/C14H12BrClFNO/c15-13-6-9(16)4-5-12(13)14(8-19)18-11-3-1-2-10(17)7-11/h1-7,14,18-19H,8H2. The second kappa shape index (κ2) is 6.37. The van der Waals surface area contributed by atoms with E-state index < -0.39 is 0 Å². The highest BCUT2D eigenvalue weighted by atomic mass is 79.9. The summed E-state index contributed by atoms with van der Waals surface area (Å²) in [6, 6.07) is 11.1. The van der Waals surface area contributed by atoms with E-state index in [9.17, 15) is 9.50 Å². The monoisotopic (exact) mass is 343 g/mol. The molecule has 0 spiro atoms. The first-order chi connectivity index (χ1) is 9.10. The minimum atomic E-state index is -0.339. The predicted molar refractivity (Wildman–Crippen MR) is 79.0 cm³/mol. The third kappa shape index (κ3) is 3.69. The average Bonchev–Trinajstić information content (AvgIpc) is 2.37. The number of rotatable bonds is 4. The maximum atomic E-state index is 13.1. The van der Waals surface area contributed by atoms with Gasteiger partial charge < -0.3 is 10.4 Å². The van der Waals surface area contributed by atoms with E-state index >= 15 is 0 Å². The molecule has 0 saturated heterocycles. The van der Waals surface area contributed by atoms with Gasteiger partial charge in [-0.3, -0.25) is 0 Å². The van der Waals surface area contributed by atoms with Crippen molar-refractivity contribution in [3.8, 4) is 0 Å². The molecule has 0 aromatic heterocycles. The lowest BCUT2D eigenvalue weighted by Gasteiger charge is -2.19. The Morgan fingerprint density at radius 3 is 2.68 bits per heavy atom. The molecule has 5 heteroatoms. The molecule has 1 unspecified atom stereocenters. The Labute approximate surface area is 124 Å². The zero-order valence-electron chi connectivity index (χ0n) is 9.91. The summed E-state index contributed by atoms with van der Waals surface area (Å²) < 4.78 is 13.9. The SMILES string of the molecule is OCC(Nc1cccc(F)c1)c1ccc(Cl)cc1Br. The summed E-state index contributed by atoms with van der Waals surface area (Å²) in [5, 5.41) is 13.2. The van der Waals surface area contributed by atoms with Gasteiger partial charge in [-0.1, -0.05) is 39.7 Å². The van der Waals surface area contributed by atoms with Crippen molar-refractivity contribution in [2.75, 3.05) is 11.9 Å². The fourth-order valence-electron chi connectivity index (χ4n) is 1.79. The highest BCUT2D eigenvalue weighted by Gasteiger charge is 2.14. The molecule has 0 aliphatic carbocycles. The van der Waals surface area contributed by atoms with Gasteiger partial charge in [0.1, 0.15) is 5.82 Å². The van der Waals surface area contributed by atoms with Crippen molar-refractivity contribution in [3.63, 3.8) is 0 Å². The number of aliphatic hydroxyl groups excluding tert-OH is 1. The third-order valence-electron chi connectivity index (χ3n) is 2.69. The van der Waals surface area contributed by atoms with Crippen LogP contribution in [0.1, 0.15) is 11.6 Å². The van der Waals surface area contributed by atoms with Crippen molar-refractivity contribution in [1.29, 1.82) is 0 Å². The Bertz CT molecular complexity index is 579. The van der Waals surface area contributed by atoms with Crippen molar-refractivity contribution in [1.82, 2.24) is 0 Å². The molecule has 0 saturated carbocycles. The molecule has 0 fully saturated rings. The molecule has 2 N–H and O–H groups in total. The van der Waals surface area contributed by atoms with E-state index in [2.05, 4.69) is 21.2 Å². The van der Waals surface area contributed by atoms with Crippen LogP contribution in [0.2, 0.25) is 5.02 Å². The smallest absolute Gasteiger partial charge is 0.125 e. The normalized spacial score (nSPS) is 12.2. The van der Waals surface area contributed by atoms with Crippen LogP contribution >= 0.6 is 27.5 Å². The molecule has 2 aromatic rings. The molecule has 0 bridgehead atoms. The quantitative estimate of drug-likeness (QED) is 0.862. The molecular formula is C14H12BrClFNO. The zero-order valence-corrected chi connectivity index (χ0v) is 12.2. The lowest BCUT2D eigenvalue weighted by atomic mass is 10.1. The van der Waals surface area contributed by atoms with E-state index in [1.54, 1.807) is 24.3 Å². The molecular weight excluding hydrogens is 333 g/mol. The summed E-state index contributed by atoms with van der Waals surface area (Å²) in [5.41, 5.74) is 1.47. The molecule has 2 rings (SSSR count). The minimum Gasteiger partial charge on any atom is -0.394 e. The fraction of sp³-hybridized carbons (Fsp3) is 0.143. The molecule has 2 nitrogen and oxygen atoms in total. The fourth-order valence-corrected chi connectivity index (χ4v) is 2.74. The third-order valence-corrected chi connectivity index (χ3v) is 3.61. The molecule has 0 amide bonds. The highest BCUT2D eigenvalue weighted by molar-refractivity contribution is 9.10. The summed E-state index contributed by atoms with van der Waals surface area (Å²) in [7, 11) is 0. The Balaban J connectivity index is 2.25. The van der Waals surface area contributed by atoms with E-state index in [1.165, 1.54) is 12.1 Å². The minimum absolute atomic E-state index is 0.114. The van der Waals surface area contributed by atoms with Gasteiger partial charge >= 0.3 is 0 Å². The Morgan fingerprint density at radius 1 is 1.26 bits per heavy atom. The molecule has 0 aliphatic rings. The van der Waals surface area contributed by atoms with Gasteiger partial charge in [0.2, 0.25) is 0 Å². The zero-order chi connectivity index (χ0) is 13.8. The summed E-state index contributed by atoms with van der Waals surface area (Å²) in [6.45, 7) is -0.114. The van der Waals surface area contributed by atoms with Gasteiger partial charge in [0, 0.05) is 15.2 Å². The van der Waals surface area contributed by atoms with Crippen molar-refractivity contribution in [2.45, 2.75) is 6.04 Å². The predicted octanol–water partition coefficient (Wildman–Crippen LogP) is 4.39. The largest absolute Gasteiger partial charge is 0.394 e. The van der Waals surface area contributed by atoms with Gasteiger partial charge in [0.15, 0.2) is 0 Å². The number of hydrogen-bond acceptors (Lipinski definition) is 2. The molecule has 19 heavy (non-hydrogen) atoms. The van der Waals surface area contributed by atoms with E-state index in [0.29, 0.717) is 10.7 Å². The Kier molecular flexibility index (Phi) is 4.80. The Morgan fingerprint density at radius 2 is 2.05 bits per heavy atom. The lowest BCUT2D eigenvalue weighted by molar-refractivity contribution is 0.276. The van der Waals surface area contributed by atoms with Crippen LogP contribution in [0.4, 0.5) is 10.1 Å². The van der Waals surface area contributed by atoms with E-state index in [4.69, 9.17) is 11.6 Å². The number of halogens is 3. The lowest BCUT2D eigenvalue weighted by Crippen LogP contribution is -2.15. The van der Waals surface area contributed by atoms with Crippen LogP contribution < -0.4 is 5.32 Å². The summed E-state index contributed by atoms with van der Waals surface area (Å²) in [6.07, 6.45) is 0. The van der Waals surface area contributed by atoms with Crippen molar-refractivity contribution >= 4 is 33.2 Å². The molecule has 0 radical (unpaired) electrons. The molecule has 0 aliphatic heterocycles. The van der Waals surface area contributed by atoms with Gasteiger partial charge in [-0.2, -0.15) is 0 Å². The number of hydrogen-bond donors (Lipinski definition) is 2. The van der Waals surface area contributed by atoms with E-state index in [1.807, 2.05) is 6.07 Å². The van der Waals surface area contributed by atoms with E-state index in [0.717, 1.165) is 10.0 Å². The first-order valence-electron chi connectivity index (χ1n) is 5.68. The second-order valence-corrected chi connectivity index (χ2v) is 5.35. The first-order valence-corrected chi connectivity index (χ1v) is 6.85. The van der Waals surface area contributed by atoms with Crippen LogP contribution in [0.25, 0.3) is 0 Å². The van der Waals surface area contributed by atoms with Crippen LogP contribution in [0.3, 0.4) is 0 Å². The average molecular weight is 345 g/mol. The molecule has 1 atom stereocenters. The molecule has 0 heterocycles.